The Balaban J connectivity index is 1.69. The maximum absolute atomic E-state index is 5.95. The third kappa shape index (κ3) is 5.81. The van der Waals surface area contributed by atoms with Crippen molar-refractivity contribution in [2.75, 3.05) is 11.9 Å². The third-order valence-corrected chi connectivity index (χ3v) is 4.89. The van der Waals surface area contributed by atoms with E-state index in [1.807, 2.05) is 60.1 Å². The van der Waals surface area contributed by atoms with Gasteiger partial charge in [0.15, 0.2) is 5.11 Å². The van der Waals surface area contributed by atoms with Gasteiger partial charge < -0.3 is 15.4 Å². The molecule has 0 bridgehead atoms. The van der Waals surface area contributed by atoms with E-state index in [9.17, 15) is 0 Å². The highest BCUT2D eigenvalue weighted by atomic mass is 32.1. The van der Waals surface area contributed by atoms with Gasteiger partial charge in [0.05, 0.1) is 23.6 Å². The molecule has 0 saturated heterocycles. The molecule has 5 nitrogen and oxygen atoms in total. The Morgan fingerprint density at radius 2 is 1.83 bits per heavy atom. The van der Waals surface area contributed by atoms with Crippen LogP contribution < -0.4 is 15.4 Å². The highest BCUT2D eigenvalue weighted by Gasteiger charge is 2.13. The Morgan fingerprint density at radius 1 is 1.07 bits per heavy atom. The number of aromatic nitrogens is 2. The molecule has 0 radical (unpaired) electrons. The average molecular weight is 409 g/mol. The van der Waals surface area contributed by atoms with Crippen molar-refractivity contribution in [2.24, 2.45) is 0 Å². The van der Waals surface area contributed by atoms with E-state index in [4.69, 9.17) is 22.1 Å². The molecule has 152 valence electrons. The first kappa shape index (κ1) is 20.9. The first-order valence-corrected chi connectivity index (χ1v) is 10.4. The van der Waals surface area contributed by atoms with Crippen LogP contribution in [0.25, 0.3) is 0 Å². The molecule has 0 amide bonds. The van der Waals surface area contributed by atoms with Crippen LogP contribution in [-0.4, -0.2) is 21.4 Å². The Bertz CT molecular complexity index is 953. The minimum atomic E-state index is 0.641. The van der Waals surface area contributed by atoms with Gasteiger partial charge in [-0.1, -0.05) is 43.7 Å². The Labute approximate surface area is 178 Å². The van der Waals surface area contributed by atoms with Crippen LogP contribution in [0.15, 0.2) is 54.6 Å². The highest BCUT2D eigenvalue weighted by molar-refractivity contribution is 7.80. The molecule has 1 aromatic heterocycles. The number of hydrogen-bond donors (Lipinski definition) is 2. The second kappa shape index (κ2) is 10.1. The first-order chi connectivity index (χ1) is 14.1. The van der Waals surface area contributed by atoms with Crippen LogP contribution in [0.5, 0.6) is 11.5 Å². The summed E-state index contributed by atoms with van der Waals surface area (Å²) in [5.74, 6) is 1.64. The summed E-state index contributed by atoms with van der Waals surface area (Å²) in [6.07, 6.45) is 2.24. The molecule has 1 heterocycles. The number of benzene rings is 2. The van der Waals surface area contributed by atoms with Gasteiger partial charge in [-0.05, 0) is 62.3 Å². The Kier molecular flexibility index (Phi) is 7.25. The van der Waals surface area contributed by atoms with E-state index in [1.165, 1.54) is 0 Å². The van der Waals surface area contributed by atoms with Gasteiger partial charge in [-0.15, -0.1) is 0 Å². The van der Waals surface area contributed by atoms with Gasteiger partial charge in [0.2, 0.25) is 0 Å². The largest absolute Gasteiger partial charge is 0.457 e. The van der Waals surface area contributed by atoms with Crippen molar-refractivity contribution in [3.63, 3.8) is 0 Å². The molecule has 0 aliphatic rings. The normalized spacial score (nSPS) is 10.6. The summed E-state index contributed by atoms with van der Waals surface area (Å²) in [4.78, 5) is 0. The quantitative estimate of drug-likeness (QED) is 0.385. The number of nitrogens with zero attached hydrogens (tertiary/aromatic N) is 2. The fourth-order valence-electron chi connectivity index (χ4n) is 3.07. The van der Waals surface area contributed by atoms with Crippen LogP contribution in [0.1, 0.15) is 36.7 Å². The predicted octanol–water partition coefficient (Wildman–Crippen LogP) is 5.43. The average Bonchev–Trinajstić information content (AvgIpc) is 2.96. The Hall–Kier alpha value is -2.86. The van der Waals surface area contributed by atoms with Gasteiger partial charge in [0.25, 0.3) is 0 Å². The molecule has 0 aliphatic carbocycles. The fraction of sp³-hybridized carbons (Fsp3) is 0.304. The number of unbranched alkanes of at least 4 members (excludes halogenated alkanes) is 1. The number of anilines is 1. The minimum absolute atomic E-state index is 0.641. The summed E-state index contributed by atoms with van der Waals surface area (Å²) in [7, 11) is 0. The molecule has 0 atom stereocenters. The molecule has 0 aliphatic heterocycles. The molecule has 3 aromatic rings. The van der Waals surface area contributed by atoms with Crippen LogP contribution in [0.2, 0.25) is 0 Å². The van der Waals surface area contributed by atoms with Crippen molar-refractivity contribution < 1.29 is 4.74 Å². The maximum Gasteiger partial charge on any atom is 0.170 e. The number of hydrogen-bond acceptors (Lipinski definition) is 3. The third-order valence-electron chi connectivity index (χ3n) is 4.65. The molecule has 0 saturated carbocycles. The molecule has 0 unspecified atom stereocenters. The number of thiocarbonyl (C=S) groups is 1. The van der Waals surface area contributed by atoms with Crippen LogP contribution in [0, 0.1) is 13.8 Å². The number of ether oxygens (including phenoxy) is 1. The molecular weight excluding hydrogens is 380 g/mol. The van der Waals surface area contributed by atoms with Crippen molar-refractivity contribution in [1.82, 2.24) is 15.1 Å². The summed E-state index contributed by atoms with van der Waals surface area (Å²) in [6.45, 7) is 7.76. The second-order valence-electron chi connectivity index (χ2n) is 7.00. The van der Waals surface area contributed by atoms with Gasteiger partial charge in [-0.3, -0.25) is 4.68 Å². The van der Waals surface area contributed by atoms with Crippen molar-refractivity contribution in [3.8, 4) is 11.5 Å². The summed E-state index contributed by atoms with van der Waals surface area (Å²) < 4.78 is 7.94. The molecule has 0 spiro atoms. The van der Waals surface area contributed by atoms with Gasteiger partial charge in [0, 0.05) is 6.54 Å². The molecule has 6 heteroatoms. The lowest BCUT2D eigenvalue weighted by molar-refractivity contribution is 0.481. The lowest BCUT2D eigenvalue weighted by Gasteiger charge is -2.11. The number of nitrogens with one attached hydrogen (secondary N) is 2. The van der Waals surface area contributed by atoms with E-state index >= 15 is 0 Å². The van der Waals surface area contributed by atoms with Crippen LogP contribution in [0.3, 0.4) is 0 Å². The van der Waals surface area contributed by atoms with Gasteiger partial charge >= 0.3 is 0 Å². The van der Waals surface area contributed by atoms with E-state index in [0.29, 0.717) is 11.7 Å². The van der Waals surface area contributed by atoms with Gasteiger partial charge in [-0.2, -0.15) is 5.10 Å². The molecular formula is C23H28N4OS. The van der Waals surface area contributed by atoms with Gasteiger partial charge in [-0.25, -0.2) is 0 Å². The van der Waals surface area contributed by atoms with E-state index in [0.717, 1.165) is 53.5 Å². The number of para-hydroxylation sites is 1. The van der Waals surface area contributed by atoms with Crippen LogP contribution in [-0.2, 0) is 6.54 Å². The SMILES string of the molecule is CCCCNC(=S)Nc1c(C)nn(Cc2cccc(Oc3ccccc3)c2)c1C. The zero-order valence-corrected chi connectivity index (χ0v) is 18.1. The lowest BCUT2D eigenvalue weighted by Crippen LogP contribution is -2.29. The molecule has 3 rings (SSSR count). The smallest absolute Gasteiger partial charge is 0.170 e. The van der Waals surface area contributed by atoms with Crippen molar-refractivity contribution >= 4 is 23.0 Å². The highest BCUT2D eigenvalue weighted by Crippen LogP contribution is 2.24. The van der Waals surface area contributed by atoms with Crippen molar-refractivity contribution in [1.29, 1.82) is 0 Å². The van der Waals surface area contributed by atoms with Crippen molar-refractivity contribution in [3.05, 3.63) is 71.5 Å². The summed E-state index contributed by atoms with van der Waals surface area (Å²) in [5, 5.41) is 11.9. The summed E-state index contributed by atoms with van der Waals surface area (Å²) in [6, 6.07) is 17.9. The monoisotopic (exact) mass is 408 g/mol. The maximum atomic E-state index is 5.95. The summed E-state index contributed by atoms with van der Waals surface area (Å²) >= 11 is 5.41. The van der Waals surface area contributed by atoms with E-state index < -0.39 is 0 Å². The standard InChI is InChI=1S/C23H28N4OS/c1-4-5-14-24-23(29)25-22-17(2)26-27(18(22)3)16-19-10-9-13-21(15-19)28-20-11-7-6-8-12-20/h6-13,15H,4-5,14,16H2,1-3H3,(H2,24,25,29). The van der Waals surface area contributed by atoms with Crippen LogP contribution >= 0.6 is 12.2 Å². The summed E-state index contributed by atoms with van der Waals surface area (Å²) in [5.41, 5.74) is 4.07. The zero-order valence-electron chi connectivity index (χ0n) is 17.2. The number of aryl methyl sites for hydroxylation is 1. The minimum Gasteiger partial charge on any atom is -0.457 e. The van der Waals surface area contributed by atoms with E-state index in [1.54, 1.807) is 0 Å². The molecule has 29 heavy (non-hydrogen) atoms. The number of rotatable bonds is 8. The Morgan fingerprint density at radius 3 is 2.59 bits per heavy atom. The van der Waals surface area contributed by atoms with Crippen LogP contribution in [0.4, 0.5) is 5.69 Å². The molecule has 2 N–H and O–H groups in total. The zero-order chi connectivity index (χ0) is 20.6. The first-order valence-electron chi connectivity index (χ1n) is 9.97. The fourth-order valence-corrected chi connectivity index (χ4v) is 3.28. The van der Waals surface area contributed by atoms with E-state index in [2.05, 4.69) is 30.5 Å². The lowest BCUT2D eigenvalue weighted by atomic mass is 10.2. The van der Waals surface area contributed by atoms with Crippen molar-refractivity contribution in [2.45, 2.75) is 40.2 Å². The molecule has 2 aromatic carbocycles. The van der Waals surface area contributed by atoms with Gasteiger partial charge in [0.1, 0.15) is 11.5 Å². The topological polar surface area (TPSA) is 51.1 Å². The second-order valence-corrected chi connectivity index (χ2v) is 7.41. The predicted molar refractivity (Wildman–Crippen MR) is 123 cm³/mol. The van der Waals surface area contributed by atoms with E-state index in [-0.39, 0.29) is 0 Å². The molecule has 0 fully saturated rings.